The van der Waals surface area contributed by atoms with E-state index in [-0.39, 0.29) is 0 Å². The Kier molecular flexibility index (Phi) is 3.06. The zero-order chi connectivity index (χ0) is 11.8. The maximum Gasteiger partial charge on any atom is 0.314 e. The Bertz CT molecular complexity index is 420. The lowest BCUT2D eigenvalue weighted by atomic mass is 9.77. The standard InChI is InChI=1S/C13H15BrO2/c1-9-8-10(14)4-5-11(9)13(12(15)16)6-2-3-7-13/h4-5,8H,2-3,6-7H2,1H3,(H,15,16). The van der Waals surface area contributed by atoms with E-state index in [0.29, 0.717) is 0 Å². The Morgan fingerprint density at radius 2 is 2.00 bits per heavy atom. The van der Waals surface area contributed by atoms with E-state index in [4.69, 9.17) is 0 Å². The fourth-order valence-electron chi connectivity index (χ4n) is 2.74. The number of aliphatic carboxylic acids is 1. The Balaban J connectivity index is 2.51. The van der Waals surface area contributed by atoms with Crippen molar-refractivity contribution in [1.29, 1.82) is 0 Å². The normalized spacial score (nSPS) is 18.6. The number of carboxylic acid groups (broad SMARTS) is 1. The summed E-state index contributed by atoms with van der Waals surface area (Å²) in [7, 11) is 0. The monoisotopic (exact) mass is 282 g/mol. The topological polar surface area (TPSA) is 37.3 Å². The molecule has 0 spiro atoms. The van der Waals surface area contributed by atoms with E-state index in [1.54, 1.807) is 0 Å². The summed E-state index contributed by atoms with van der Waals surface area (Å²) >= 11 is 3.41. The van der Waals surface area contributed by atoms with Crippen molar-refractivity contribution in [3.63, 3.8) is 0 Å². The summed E-state index contributed by atoms with van der Waals surface area (Å²) in [5.74, 6) is -0.671. The van der Waals surface area contributed by atoms with Gasteiger partial charge in [0.05, 0.1) is 5.41 Å². The number of carboxylic acids is 1. The Morgan fingerprint density at radius 3 is 2.50 bits per heavy atom. The molecule has 0 amide bonds. The number of halogens is 1. The van der Waals surface area contributed by atoms with Gasteiger partial charge in [0.2, 0.25) is 0 Å². The SMILES string of the molecule is Cc1cc(Br)ccc1C1(C(=O)O)CCCC1. The van der Waals surface area contributed by atoms with Crippen molar-refractivity contribution < 1.29 is 9.90 Å². The van der Waals surface area contributed by atoms with Crippen molar-refractivity contribution in [1.82, 2.24) is 0 Å². The van der Waals surface area contributed by atoms with E-state index in [1.807, 2.05) is 25.1 Å². The van der Waals surface area contributed by atoms with Crippen LogP contribution >= 0.6 is 15.9 Å². The van der Waals surface area contributed by atoms with Gasteiger partial charge in [-0.15, -0.1) is 0 Å². The minimum Gasteiger partial charge on any atom is -0.481 e. The molecule has 0 bridgehead atoms. The summed E-state index contributed by atoms with van der Waals surface area (Å²) in [4.78, 5) is 11.5. The van der Waals surface area contributed by atoms with Crippen molar-refractivity contribution >= 4 is 21.9 Å². The molecule has 86 valence electrons. The third-order valence-electron chi connectivity index (χ3n) is 3.57. The summed E-state index contributed by atoms with van der Waals surface area (Å²) in [6.07, 6.45) is 3.57. The highest BCUT2D eigenvalue weighted by atomic mass is 79.9. The lowest BCUT2D eigenvalue weighted by Gasteiger charge is -2.26. The largest absolute Gasteiger partial charge is 0.481 e. The molecule has 0 aromatic heterocycles. The molecule has 0 radical (unpaired) electrons. The van der Waals surface area contributed by atoms with E-state index in [0.717, 1.165) is 41.3 Å². The van der Waals surface area contributed by atoms with Crippen LogP contribution in [0, 0.1) is 6.92 Å². The third-order valence-corrected chi connectivity index (χ3v) is 4.06. The number of carbonyl (C=O) groups is 1. The van der Waals surface area contributed by atoms with Gasteiger partial charge < -0.3 is 5.11 Å². The number of hydrogen-bond donors (Lipinski definition) is 1. The van der Waals surface area contributed by atoms with Crippen molar-refractivity contribution in [3.05, 3.63) is 33.8 Å². The molecule has 0 atom stereocenters. The van der Waals surface area contributed by atoms with Crippen molar-refractivity contribution in [2.75, 3.05) is 0 Å². The molecule has 2 nitrogen and oxygen atoms in total. The molecule has 0 aliphatic heterocycles. The molecule has 1 N–H and O–H groups in total. The summed E-state index contributed by atoms with van der Waals surface area (Å²) in [6, 6.07) is 5.89. The quantitative estimate of drug-likeness (QED) is 0.899. The molecular weight excluding hydrogens is 268 g/mol. The maximum absolute atomic E-state index is 11.5. The second-order valence-electron chi connectivity index (χ2n) is 4.55. The summed E-state index contributed by atoms with van der Waals surface area (Å²) in [5.41, 5.74) is 1.42. The number of aryl methyl sites for hydroxylation is 1. The molecule has 1 aliphatic carbocycles. The third kappa shape index (κ3) is 1.77. The predicted molar refractivity (Wildman–Crippen MR) is 66.7 cm³/mol. The predicted octanol–water partition coefficient (Wildman–Crippen LogP) is 3.65. The van der Waals surface area contributed by atoms with Crippen molar-refractivity contribution in [2.45, 2.75) is 38.0 Å². The Morgan fingerprint density at radius 1 is 1.38 bits per heavy atom. The van der Waals surface area contributed by atoms with E-state index in [2.05, 4.69) is 15.9 Å². The Labute approximate surface area is 104 Å². The molecule has 0 unspecified atom stereocenters. The molecule has 0 heterocycles. The molecule has 1 aromatic rings. The highest BCUT2D eigenvalue weighted by Crippen LogP contribution is 2.43. The highest BCUT2D eigenvalue weighted by Gasteiger charge is 2.43. The fraction of sp³-hybridized carbons (Fsp3) is 0.462. The van der Waals surface area contributed by atoms with Crippen LogP contribution < -0.4 is 0 Å². The van der Waals surface area contributed by atoms with Crippen LogP contribution in [0.5, 0.6) is 0 Å². The van der Waals surface area contributed by atoms with E-state index < -0.39 is 11.4 Å². The van der Waals surface area contributed by atoms with Gasteiger partial charge in [0.1, 0.15) is 0 Å². The molecule has 1 aliphatic rings. The zero-order valence-electron chi connectivity index (χ0n) is 9.29. The van der Waals surface area contributed by atoms with E-state index in [9.17, 15) is 9.90 Å². The summed E-state index contributed by atoms with van der Waals surface area (Å²) in [6.45, 7) is 1.99. The lowest BCUT2D eigenvalue weighted by molar-refractivity contribution is -0.143. The average Bonchev–Trinajstić information content (AvgIpc) is 2.67. The second kappa shape index (κ2) is 4.21. The molecule has 0 saturated heterocycles. The Hall–Kier alpha value is -0.830. The van der Waals surface area contributed by atoms with E-state index in [1.165, 1.54) is 0 Å². The van der Waals surface area contributed by atoms with Crippen LogP contribution in [0.1, 0.15) is 36.8 Å². The van der Waals surface area contributed by atoms with Gasteiger partial charge in [-0.2, -0.15) is 0 Å². The van der Waals surface area contributed by atoms with Gasteiger partial charge in [0.15, 0.2) is 0 Å². The van der Waals surface area contributed by atoms with Crippen LogP contribution in [0.4, 0.5) is 0 Å². The minimum absolute atomic E-state index is 0.634. The van der Waals surface area contributed by atoms with Gasteiger partial charge in [-0.1, -0.05) is 34.8 Å². The van der Waals surface area contributed by atoms with Crippen molar-refractivity contribution in [2.24, 2.45) is 0 Å². The van der Waals surface area contributed by atoms with Crippen LogP contribution in [0.15, 0.2) is 22.7 Å². The van der Waals surface area contributed by atoms with Crippen LogP contribution in [0.3, 0.4) is 0 Å². The van der Waals surface area contributed by atoms with Gasteiger partial charge in [-0.3, -0.25) is 4.79 Å². The zero-order valence-corrected chi connectivity index (χ0v) is 10.9. The smallest absolute Gasteiger partial charge is 0.314 e. The van der Waals surface area contributed by atoms with Crippen LogP contribution in [-0.2, 0) is 10.2 Å². The molecule has 16 heavy (non-hydrogen) atoms. The molecule has 2 rings (SSSR count). The first-order valence-electron chi connectivity index (χ1n) is 5.56. The first kappa shape index (κ1) is 11.6. The fourth-order valence-corrected chi connectivity index (χ4v) is 3.22. The minimum atomic E-state index is -0.671. The highest BCUT2D eigenvalue weighted by molar-refractivity contribution is 9.10. The van der Waals surface area contributed by atoms with Gasteiger partial charge in [-0.05, 0) is 43.0 Å². The van der Waals surface area contributed by atoms with Crippen molar-refractivity contribution in [3.8, 4) is 0 Å². The number of rotatable bonds is 2. The molecule has 1 saturated carbocycles. The summed E-state index contributed by atoms with van der Waals surface area (Å²) in [5, 5.41) is 9.50. The summed E-state index contributed by atoms with van der Waals surface area (Å²) < 4.78 is 1.01. The first-order chi connectivity index (χ1) is 7.56. The molecule has 1 fully saturated rings. The first-order valence-corrected chi connectivity index (χ1v) is 6.35. The van der Waals surface area contributed by atoms with Gasteiger partial charge in [0.25, 0.3) is 0 Å². The molecular formula is C13H15BrO2. The van der Waals surface area contributed by atoms with Gasteiger partial charge >= 0.3 is 5.97 Å². The van der Waals surface area contributed by atoms with Gasteiger partial charge in [0, 0.05) is 4.47 Å². The molecule has 3 heteroatoms. The second-order valence-corrected chi connectivity index (χ2v) is 5.47. The van der Waals surface area contributed by atoms with Gasteiger partial charge in [-0.25, -0.2) is 0 Å². The van der Waals surface area contributed by atoms with Crippen LogP contribution in [0.25, 0.3) is 0 Å². The molecule has 1 aromatic carbocycles. The number of benzene rings is 1. The maximum atomic E-state index is 11.5. The van der Waals surface area contributed by atoms with E-state index >= 15 is 0 Å². The average molecular weight is 283 g/mol. The van der Waals surface area contributed by atoms with Crippen LogP contribution in [0.2, 0.25) is 0 Å². The van der Waals surface area contributed by atoms with Crippen LogP contribution in [-0.4, -0.2) is 11.1 Å². The lowest BCUT2D eigenvalue weighted by Crippen LogP contribution is -2.33. The number of hydrogen-bond acceptors (Lipinski definition) is 1.